The smallest absolute Gasteiger partial charge is 0.289 e. The van der Waals surface area contributed by atoms with Crippen LogP contribution in [0.1, 0.15) is 46.7 Å². The van der Waals surface area contributed by atoms with Crippen molar-refractivity contribution in [3.05, 3.63) is 89.7 Å². The molecule has 2 aliphatic rings. The lowest BCUT2D eigenvalue weighted by atomic mass is 10.0. The Balaban J connectivity index is 1.26. The Morgan fingerprint density at radius 2 is 1.87 bits per heavy atom. The van der Waals surface area contributed by atoms with Gasteiger partial charge in [-0.15, -0.1) is 0 Å². The van der Waals surface area contributed by atoms with E-state index in [0.29, 0.717) is 53.9 Å². The maximum atomic E-state index is 13.5. The van der Waals surface area contributed by atoms with Gasteiger partial charge in [-0.3, -0.25) is 14.4 Å². The van der Waals surface area contributed by atoms with Gasteiger partial charge in [0, 0.05) is 37.2 Å². The van der Waals surface area contributed by atoms with Crippen molar-refractivity contribution in [1.82, 2.24) is 15.1 Å². The molecule has 2 aliphatic heterocycles. The zero-order chi connectivity index (χ0) is 31.5. The molecular weight excluding hydrogens is 574 g/mol. The Morgan fingerprint density at radius 1 is 1.02 bits per heavy atom. The summed E-state index contributed by atoms with van der Waals surface area (Å²) in [5.41, 5.74) is 1.85. The van der Waals surface area contributed by atoms with E-state index in [0.717, 1.165) is 10.9 Å². The SMILES string of the molecule is CC(C)COc1cc2cc(c1)C(=O)N(C)CC(=O)N[C@H]1CCN(C(=O)c3cc4ccccc4o3)C[C@@H]1OCc1cccc(c1)O2. The first-order chi connectivity index (χ1) is 21.7. The van der Waals surface area contributed by atoms with E-state index in [1.807, 2.05) is 62.4 Å². The molecule has 1 fully saturated rings. The minimum absolute atomic E-state index is 0.157. The van der Waals surface area contributed by atoms with E-state index < -0.39 is 6.10 Å². The molecule has 3 amide bonds. The van der Waals surface area contributed by atoms with Crippen molar-refractivity contribution in [2.24, 2.45) is 5.92 Å². The molecule has 3 heterocycles. The highest BCUT2D eigenvalue weighted by molar-refractivity contribution is 5.97. The number of likely N-dealkylation sites (N-methyl/N-ethyl adjacent to an activating group) is 1. The Kier molecular flexibility index (Phi) is 8.75. The van der Waals surface area contributed by atoms with Gasteiger partial charge in [-0.25, -0.2) is 0 Å². The van der Waals surface area contributed by atoms with E-state index in [1.54, 1.807) is 36.2 Å². The second-order valence-electron chi connectivity index (χ2n) is 12.0. The minimum atomic E-state index is -0.497. The molecule has 1 saturated heterocycles. The normalized spacial score (nSPS) is 19.2. The third kappa shape index (κ3) is 7.12. The van der Waals surface area contributed by atoms with Crippen molar-refractivity contribution in [2.75, 3.05) is 33.3 Å². The van der Waals surface area contributed by atoms with Gasteiger partial charge in [0.15, 0.2) is 5.76 Å². The van der Waals surface area contributed by atoms with Crippen molar-refractivity contribution >= 4 is 28.7 Å². The van der Waals surface area contributed by atoms with Gasteiger partial charge in [-0.1, -0.05) is 44.2 Å². The fraction of sp³-hybridized carbons (Fsp3) is 0.343. The number of ether oxygens (including phenoxy) is 3. The van der Waals surface area contributed by atoms with Gasteiger partial charge < -0.3 is 33.7 Å². The first-order valence-corrected chi connectivity index (χ1v) is 15.2. The van der Waals surface area contributed by atoms with Crippen LogP contribution in [-0.2, 0) is 16.1 Å². The zero-order valence-corrected chi connectivity index (χ0v) is 25.7. The predicted octanol–water partition coefficient (Wildman–Crippen LogP) is 5.26. The second kappa shape index (κ2) is 13.0. The maximum absolute atomic E-state index is 13.5. The lowest BCUT2D eigenvalue weighted by molar-refractivity contribution is -0.124. The molecule has 1 aromatic heterocycles. The number of amides is 3. The van der Waals surface area contributed by atoms with Gasteiger partial charge in [0.05, 0.1) is 31.9 Å². The number of benzene rings is 3. The summed E-state index contributed by atoms with van der Waals surface area (Å²) in [7, 11) is 1.58. The van der Waals surface area contributed by atoms with Crippen molar-refractivity contribution in [2.45, 2.75) is 39.0 Å². The van der Waals surface area contributed by atoms with Crippen LogP contribution in [0.3, 0.4) is 0 Å². The van der Waals surface area contributed by atoms with E-state index in [9.17, 15) is 14.4 Å². The number of carbonyl (C=O) groups excluding carboxylic acids is 3. The number of furan rings is 1. The molecule has 4 bridgehead atoms. The minimum Gasteiger partial charge on any atom is -0.493 e. The summed E-state index contributed by atoms with van der Waals surface area (Å²) in [6, 6.07) is 21.4. The molecule has 1 N–H and O–H groups in total. The van der Waals surface area contributed by atoms with Crippen molar-refractivity contribution in [3.8, 4) is 17.2 Å². The summed E-state index contributed by atoms with van der Waals surface area (Å²) in [5, 5.41) is 3.92. The first-order valence-electron chi connectivity index (χ1n) is 15.2. The lowest BCUT2D eigenvalue weighted by Crippen LogP contribution is -2.57. The van der Waals surface area contributed by atoms with E-state index >= 15 is 0 Å². The average Bonchev–Trinajstić information content (AvgIpc) is 3.47. The summed E-state index contributed by atoms with van der Waals surface area (Å²) < 4.78 is 24.3. The molecule has 0 spiro atoms. The summed E-state index contributed by atoms with van der Waals surface area (Å²) in [5.74, 6) is 1.18. The number of para-hydroxylation sites is 1. The number of piperidine rings is 1. The molecule has 2 atom stereocenters. The molecule has 6 rings (SSSR count). The molecule has 234 valence electrons. The fourth-order valence-electron chi connectivity index (χ4n) is 5.58. The van der Waals surface area contributed by atoms with E-state index in [2.05, 4.69) is 5.32 Å². The van der Waals surface area contributed by atoms with Crippen LogP contribution < -0.4 is 14.8 Å². The van der Waals surface area contributed by atoms with Gasteiger partial charge in [-0.2, -0.15) is 0 Å². The number of hydrogen-bond acceptors (Lipinski definition) is 7. The highest BCUT2D eigenvalue weighted by Crippen LogP contribution is 2.30. The number of fused-ring (bicyclic) bond motifs is 6. The lowest BCUT2D eigenvalue weighted by Gasteiger charge is -2.38. The van der Waals surface area contributed by atoms with Crippen LogP contribution in [0.15, 0.2) is 77.2 Å². The maximum Gasteiger partial charge on any atom is 0.289 e. The van der Waals surface area contributed by atoms with Gasteiger partial charge >= 0.3 is 0 Å². The number of carbonyl (C=O) groups is 3. The average molecular weight is 612 g/mol. The number of rotatable bonds is 4. The molecule has 10 heteroatoms. The standard InChI is InChI=1S/C35H37N3O7/c1-22(2)20-42-27-14-25-15-28(17-27)44-26-9-6-7-23(13-26)21-43-32-18-38(12-11-29(32)36-33(39)19-37(3)34(25)40)35(41)31-16-24-8-4-5-10-30(24)45-31/h4-10,13-17,22,29,32H,11-12,18-21H2,1-3H3,(H,36,39)/t29-,32-/m0/s1. The van der Waals surface area contributed by atoms with E-state index in [-0.39, 0.29) is 49.2 Å². The van der Waals surface area contributed by atoms with Crippen molar-refractivity contribution in [3.63, 3.8) is 0 Å². The number of nitrogens with zero attached hydrogens (tertiary/aromatic N) is 2. The molecule has 4 aromatic rings. The first kappa shape index (κ1) is 30.2. The highest BCUT2D eigenvalue weighted by Gasteiger charge is 2.35. The quantitative estimate of drug-likeness (QED) is 0.335. The Labute approximate surface area is 261 Å². The van der Waals surface area contributed by atoms with Gasteiger partial charge in [-0.05, 0) is 54.3 Å². The van der Waals surface area contributed by atoms with Crippen molar-refractivity contribution in [1.29, 1.82) is 0 Å². The van der Waals surface area contributed by atoms with Crippen LogP contribution in [0, 0.1) is 5.92 Å². The Morgan fingerprint density at radius 3 is 2.69 bits per heavy atom. The van der Waals surface area contributed by atoms with Crippen LogP contribution in [0.25, 0.3) is 11.0 Å². The highest BCUT2D eigenvalue weighted by atomic mass is 16.5. The largest absolute Gasteiger partial charge is 0.493 e. The zero-order valence-electron chi connectivity index (χ0n) is 25.7. The molecule has 10 nitrogen and oxygen atoms in total. The topological polar surface area (TPSA) is 111 Å². The van der Waals surface area contributed by atoms with E-state index in [4.69, 9.17) is 18.6 Å². The third-order valence-electron chi connectivity index (χ3n) is 7.87. The molecule has 3 aromatic carbocycles. The van der Waals surface area contributed by atoms with Gasteiger partial charge in [0.25, 0.3) is 11.8 Å². The molecule has 0 saturated carbocycles. The van der Waals surface area contributed by atoms with E-state index in [1.165, 1.54) is 4.90 Å². The third-order valence-corrected chi connectivity index (χ3v) is 7.87. The molecule has 0 aliphatic carbocycles. The predicted molar refractivity (Wildman–Crippen MR) is 167 cm³/mol. The van der Waals surface area contributed by atoms with Crippen LogP contribution >= 0.6 is 0 Å². The monoisotopic (exact) mass is 611 g/mol. The van der Waals surface area contributed by atoms with Crippen LogP contribution in [0.2, 0.25) is 0 Å². The number of likely N-dealkylation sites (tertiary alicyclic amines) is 1. The second-order valence-corrected chi connectivity index (χ2v) is 12.0. The van der Waals surface area contributed by atoms with Crippen LogP contribution in [-0.4, -0.2) is 73.0 Å². The summed E-state index contributed by atoms with van der Waals surface area (Å²) in [4.78, 5) is 43.2. The Bertz CT molecular complexity index is 1680. The van der Waals surface area contributed by atoms with Crippen molar-refractivity contribution < 1.29 is 33.0 Å². The van der Waals surface area contributed by atoms with Crippen LogP contribution in [0.5, 0.6) is 17.2 Å². The Hall–Kier alpha value is -4.83. The summed E-state index contributed by atoms with van der Waals surface area (Å²) >= 11 is 0. The summed E-state index contributed by atoms with van der Waals surface area (Å²) in [6.07, 6.45) is -0.0233. The molecular formula is C35H37N3O7. The van der Waals surface area contributed by atoms with Gasteiger partial charge in [0.1, 0.15) is 22.8 Å². The molecule has 0 radical (unpaired) electrons. The fourth-order valence-corrected chi connectivity index (χ4v) is 5.58. The molecule has 0 unspecified atom stereocenters. The van der Waals surface area contributed by atoms with Crippen LogP contribution in [0.4, 0.5) is 0 Å². The summed E-state index contributed by atoms with van der Waals surface area (Å²) in [6.45, 7) is 5.32. The van der Waals surface area contributed by atoms with Gasteiger partial charge in [0.2, 0.25) is 5.91 Å². The number of nitrogens with one attached hydrogen (secondary N) is 1. The molecule has 45 heavy (non-hydrogen) atoms. The number of hydrogen-bond donors (Lipinski definition) is 1.